The SMILES string of the molecule is c1ccc(-c2nc(-c3cc4ccccc4c4c3oc3ccccc34)nc(-n3c4ccccc4c4ccccc43)n2)cc1. The van der Waals surface area contributed by atoms with Gasteiger partial charge >= 0.3 is 0 Å². The highest BCUT2D eigenvalue weighted by Crippen LogP contribution is 2.40. The van der Waals surface area contributed by atoms with E-state index in [0.29, 0.717) is 17.6 Å². The van der Waals surface area contributed by atoms with Gasteiger partial charge in [0, 0.05) is 27.1 Å². The van der Waals surface area contributed by atoms with E-state index in [1.54, 1.807) is 0 Å². The average Bonchev–Trinajstić information content (AvgIpc) is 3.61. The van der Waals surface area contributed by atoms with Gasteiger partial charge in [-0.1, -0.05) is 109 Å². The van der Waals surface area contributed by atoms with Gasteiger partial charge in [-0.3, -0.25) is 4.57 Å². The second-order valence-corrected chi connectivity index (χ2v) is 10.5. The smallest absolute Gasteiger partial charge is 0.238 e. The minimum Gasteiger partial charge on any atom is -0.455 e. The van der Waals surface area contributed by atoms with Crippen LogP contribution in [-0.4, -0.2) is 19.5 Å². The molecular weight excluding hydrogens is 516 g/mol. The Hall–Kier alpha value is -5.81. The zero-order valence-corrected chi connectivity index (χ0v) is 22.4. The first-order valence-corrected chi connectivity index (χ1v) is 14.0. The van der Waals surface area contributed by atoms with Crippen molar-refractivity contribution < 1.29 is 4.42 Å². The maximum Gasteiger partial charge on any atom is 0.238 e. The van der Waals surface area contributed by atoms with Crippen LogP contribution in [0.2, 0.25) is 0 Å². The lowest BCUT2D eigenvalue weighted by Crippen LogP contribution is -2.06. The van der Waals surface area contributed by atoms with E-state index in [-0.39, 0.29) is 0 Å². The van der Waals surface area contributed by atoms with Crippen LogP contribution < -0.4 is 0 Å². The molecule has 0 aliphatic rings. The number of fused-ring (bicyclic) bond motifs is 8. The van der Waals surface area contributed by atoms with Crippen LogP contribution >= 0.6 is 0 Å². The van der Waals surface area contributed by atoms with Crippen molar-refractivity contribution in [3.63, 3.8) is 0 Å². The van der Waals surface area contributed by atoms with Gasteiger partial charge in [-0.25, -0.2) is 4.98 Å². The van der Waals surface area contributed by atoms with Crippen LogP contribution in [0.25, 0.3) is 83.2 Å². The molecule has 5 heteroatoms. The van der Waals surface area contributed by atoms with Gasteiger partial charge < -0.3 is 4.42 Å². The van der Waals surface area contributed by atoms with E-state index in [9.17, 15) is 0 Å². The topological polar surface area (TPSA) is 56.7 Å². The van der Waals surface area contributed by atoms with E-state index in [2.05, 4.69) is 95.6 Å². The summed E-state index contributed by atoms with van der Waals surface area (Å²) in [6.07, 6.45) is 0. The zero-order valence-electron chi connectivity index (χ0n) is 22.4. The fraction of sp³-hybridized carbons (Fsp3) is 0. The molecule has 0 aliphatic carbocycles. The number of benzene rings is 6. The molecule has 6 aromatic carbocycles. The molecule has 0 amide bonds. The van der Waals surface area contributed by atoms with E-state index in [1.807, 2.05) is 42.5 Å². The predicted octanol–water partition coefficient (Wildman–Crippen LogP) is 9.36. The van der Waals surface area contributed by atoms with Gasteiger partial charge in [-0.15, -0.1) is 0 Å². The van der Waals surface area contributed by atoms with Crippen LogP contribution in [0.4, 0.5) is 0 Å². The number of hydrogen-bond donors (Lipinski definition) is 0. The molecule has 5 nitrogen and oxygen atoms in total. The fourth-order valence-corrected chi connectivity index (χ4v) is 6.18. The standard InChI is InChI=1S/C37H22N4O/c1-2-12-23(13-3-1)35-38-36(40-37(39-35)41-30-19-9-6-16-26(30)27-17-7-10-20-31(27)41)29-22-24-14-4-5-15-25(24)33-28-18-8-11-21-32(28)42-34(29)33/h1-22H. The van der Waals surface area contributed by atoms with Crippen LogP contribution in [0.3, 0.4) is 0 Å². The summed E-state index contributed by atoms with van der Waals surface area (Å²) in [5, 5.41) is 6.69. The molecule has 42 heavy (non-hydrogen) atoms. The Morgan fingerprint density at radius 1 is 0.500 bits per heavy atom. The highest BCUT2D eigenvalue weighted by atomic mass is 16.3. The van der Waals surface area contributed by atoms with Crippen molar-refractivity contribution in [2.45, 2.75) is 0 Å². The van der Waals surface area contributed by atoms with E-state index in [0.717, 1.165) is 65.6 Å². The Labute approximate surface area is 240 Å². The van der Waals surface area contributed by atoms with Gasteiger partial charge in [-0.2, -0.15) is 9.97 Å². The average molecular weight is 539 g/mol. The van der Waals surface area contributed by atoms with Crippen molar-refractivity contribution in [3.8, 4) is 28.7 Å². The van der Waals surface area contributed by atoms with Gasteiger partial charge in [0.05, 0.1) is 16.6 Å². The monoisotopic (exact) mass is 538 g/mol. The van der Waals surface area contributed by atoms with E-state index < -0.39 is 0 Å². The first-order chi connectivity index (χ1) is 20.8. The fourth-order valence-electron chi connectivity index (χ4n) is 6.18. The summed E-state index contributed by atoms with van der Waals surface area (Å²) in [5.41, 5.74) is 5.45. The number of hydrogen-bond acceptors (Lipinski definition) is 4. The summed E-state index contributed by atoms with van der Waals surface area (Å²) in [6.45, 7) is 0. The van der Waals surface area contributed by atoms with Gasteiger partial charge in [0.25, 0.3) is 0 Å². The van der Waals surface area contributed by atoms with Crippen LogP contribution in [0, 0.1) is 0 Å². The van der Waals surface area contributed by atoms with Gasteiger partial charge in [0.2, 0.25) is 5.95 Å². The largest absolute Gasteiger partial charge is 0.455 e. The minimum absolute atomic E-state index is 0.564. The highest BCUT2D eigenvalue weighted by molar-refractivity contribution is 6.22. The molecular formula is C37H22N4O. The Morgan fingerprint density at radius 3 is 1.86 bits per heavy atom. The number of para-hydroxylation sites is 3. The molecule has 0 atom stereocenters. The number of furan rings is 1. The van der Waals surface area contributed by atoms with Crippen molar-refractivity contribution in [2.24, 2.45) is 0 Å². The molecule has 0 N–H and O–H groups in total. The van der Waals surface area contributed by atoms with Crippen LogP contribution in [0.5, 0.6) is 0 Å². The maximum atomic E-state index is 6.56. The lowest BCUT2D eigenvalue weighted by atomic mass is 10.00. The lowest BCUT2D eigenvalue weighted by Gasteiger charge is -2.12. The summed E-state index contributed by atoms with van der Waals surface area (Å²) in [6, 6.07) is 45.6. The summed E-state index contributed by atoms with van der Waals surface area (Å²) in [5.74, 6) is 1.74. The molecule has 196 valence electrons. The Kier molecular flexibility index (Phi) is 4.83. The molecule has 0 spiro atoms. The first kappa shape index (κ1) is 22.9. The molecule has 0 saturated heterocycles. The van der Waals surface area contributed by atoms with Gasteiger partial charge in [0.1, 0.15) is 11.2 Å². The highest BCUT2D eigenvalue weighted by Gasteiger charge is 2.21. The van der Waals surface area contributed by atoms with Crippen molar-refractivity contribution in [3.05, 3.63) is 133 Å². The molecule has 9 aromatic rings. The van der Waals surface area contributed by atoms with Crippen LogP contribution in [0.1, 0.15) is 0 Å². The third-order valence-corrected chi connectivity index (χ3v) is 8.05. The van der Waals surface area contributed by atoms with E-state index >= 15 is 0 Å². The Morgan fingerprint density at radius 2 is 1.10 bits per heavy atom. The van der Waals surface area contributed by atoms with Crippen LogP contribution in [0.15, 0.2) is 138 Å². The molecule has 0 saturated carbocycles. The Bertz CT molecular complexity index is 2420. The molecule has 9 rings (SSSR count). The quantitative estimate of drug-likeness (QED) is 0.225. The first-order valence-electron chi connectivity index (χ1n) is 14.0. The van der Waals surface area contributed by atoms with Gasteiger partial charge in [-0.05, 0) is 35.0 Å². The third-order valence-electron chi connectivity index (χ3n) is 8.05. The Balaban J connectivity index is 1.42. The van der Waals surface area contributed by atoms with Crippen molar-refractivity contribution in [2.75, 3.05) is 0 Å². The normalized spacial score (nSPS) is 11.8. The predicted molar refractivity (Wildman–Crippen MR) is 170 cm³/mol. The summed E-state index contributed by atoms with van der Waals surface area (Å²) in [7, 11) is 0. The molecule has 3 heterocycles. The number of rotatable bonds is 3. The van der Waals surface area contributed by atoms with E-state index in [1.165, 1.54) is 0 Å². The molecule has 0 aliphatic heterocycles. The molecule has 0 unspecified atom stereocenters. The zero-order chi connectivity index (χ0) is 27.6. The van der Waals surface area contributed by atoms with Crippen LogP contribution in [-0.2, 0) is 0 Å². The number of nitrogens with zero attached hydrogens (tertiary/aromatic N) is 4. The van der Waals surface area contributed by atoms with Crippen molar-refractivity contribution in [1.29, 1.82) is 0 Å². The summed E-state index contributed by atoms with van der Waals surface area (Å²) >= 11 is 0. The maximum absolute atomic E-state index is 6.56. The molecule has 0 radical (unpaired) electrons. The van der Waals surface area contributed by atoms with E-state index in [4.69, 9.17) is 19.4 Å². The van der Waals surface area contributed by atoms with Crippen molar-refractivity contribution >= 4 is 54.5 Å². The minimum atomic E-state index is 0.564. The van der Waals surface area contributed by atoms with Gasteiger partial charge in [0.15, 0.2) is 11.6 Å². The molecule has 3 aromatic heterocycles. The third kappa shape index (κ3) is 3.34. The number of aromatic nitrogens is 4. The molecule has 0 fully saturated rings. The second kappa shape index (κ2) is 8.85. The van der Waals surface area contributed by atoms with Crippen molar-refractivity contribution in [1.82, 2.24) is 19.5 Å². The summed E-state index contributed by atoms with van der Waals surface area (Å²) < 4.78 is 8.69. The molecule has 0 bridgehead atoms. The lowest BCUT2D eigenvalue weighted by molar-refractivity contribution is 0.669. The second-order valence-electron chi connectivity index (χ2n) is 10.5. The summed E-state index contributed by atoms with van der Waals surface area (Å²) in [4.78, 5) is 15.3.